The minimum absolute atomic E-state index is 0.184. The number of para-hydroxylation sites is 2. The van der Waals surface area contributed by atoms with Crippen LogP contribution in [-0.2, 0) is 11.5 Å². The van der Waals surface area contributed by atoms with Crippen LogP contribution in [0, 0.1) is 0 Å². The maximum atomic E-state index is 11.4. The molecule has 33 heavy (non-hydrogen) atoms. The normalized spacial score (nSPS) is 16.1. The lowest BCUT2D eigenvalue weighted by atomic mass is 10.1. The molecule has 1 saturated heterocycles. The van der Waals surface area contributed by atoms with Crippen molar-refractivity contribution < 1.29 is 14.6 Å². The number of carbonyl (C=O) groups is 1. The van der Waals surface area contributed by atoms with Crippen LogP contribution in [0.1, 0.15) is 38.5 Å². The summed E-state index contributed by atoms with van der Waals surface area (Å²) in [7, 11) is 0. The molecule has 0 bridgehead atoms. The number of carboxylic acid groups (broad SMARTS) is 1. The Morgan fingerprint density at radius 1 is 1.24 bits per heavy atom. The van der Waals surface area contributed by atoms with Crippen molar-refractivity contribution in [1.82, 2.24) is 24.6 Å². The van der Waals surface area contributed by atoms with Crippen LogP contribution in [0.15, 0.2) is 47.1 Å². The van der Waals surface area contributed by atoms with Crippen molar-refractivity contribution in [3.63, 3.8) is 0 Å². The largest absolute Gasteiger partial charge is 0.464 e. The Bertz CT molecular complexity index is 1100. The second-order valence-electron chi connectivity index (χ2n) is 8.05. The first-order chi connectivity index (χ1) is 16.0. The zero-order chi connectivity index (χ0) is 23.4. The van der Waals surface area contributed by atoms with Gasteiger partial charge in [-0.3, -0.25) is 4.57 Å². The van der Waals surface area contributed by atoms with E-state index in [0.717, 1.165) is 40.1 Å². The van der Waals surface area contributed by atoms with E-state index in [0.29, 0.717) is 26.4 Å². The molecule has 1 amide bonds. The Balaban J connectivity index is 1.46. The number of imidazole rings is 1. The van der Waals surface area contributed by atoms with Gasteiger partial charge in [0.1, 0.15) is 11.3 Å². The highest BCUT2D eigenvalue weighted by molar-refractivity contribution is 9.10. The van der Waals surface area contributed by atoms with Crippen molar-refractivity contribution in [3.05, 3.63) is 52.8 Å². The topological polar surface area (TPSA) is 95.8 Å². The molecule has 10 heteroatoms. The van der Waals surface area contributed by atoms with Gasteiger partial charge in [0.05, 0.1) is 22.8 Å². The summed E-state index contributed by atoms with van der Waals surface area (Å²) in [6, 6.07) is 14.0. The molecule has 0 radical (unpaired) electrons. The lowest BCUT2D eigenvalue weighted by Gasteiger charge is -2.37. The van der Waals surface area contributed by atoms with E-state index in [1.165, 1.54) is 5.01 Å². The quantitative estimate of drug-likeness (QED) is 0.418. The molecule has 3 heterocycles. The van der Waals surface area contributed by atoms with Gasteiger partial charge in [0, 0.05) is 25.7 Å². The number of pyridine rings is 1. The molecule has 1 aromatic carbocycles. The fourth-order valence-electron chi connectivity index (χ4n) is 4.13. The van der Waals surface area contributed by atoms with Crippen LogP contribution in [0.5, 0.6) is 0 Å². The van der Waals surface area contributed by atoms with Crippen molar-refractivity contribution in [1.29, 1.82) is 0 Å². The van der Waals surface area contributed by atoms with Gasteiger partial charge in [0.2, 0.25) is 5.95 Å². The number of fused-ring (bicyclic) bond motifs is 1. The number of ether oxygens (including phenoxy) is 1. The maximum Gasteiger partial charge on any atom is 0.421 e. The second kappa shape index (κ2) is 10.5. The third-order valence-electron chi connectivity index (χ3n) is 5.93. The summed E-state index contributed by atoms with van der Waals surface area (Å²) in [5.74, 6) is 0.759. The van der Waals surface area contributed by atoms with Crippen molar-refractivity contribution in [3.8, 4) is 0 Å². The molecule has 1 fully saturated rings. The third-order valence-corrected chi connectivity index (χ3v) is 6.37. The first kappa shape index (κ1) is 23.5. The van der Waals surface area contributed by atoms with Gasteiger partial charge in [0.25, 0.3) is 0 Å². The molecule has 4 rings (SSSR count). The number of hydrazine groups is 1. The summed E-state index contributed by atoms with van der Waals surface area (Å²) in [6.45, 7) is 5.98. The SMILES string of the molecule is CCN(C(=O)O)N1CCC(Nc2nc3ccccc3n2COC(C)c2cccc(Br)n2)CC1. The molecule has 1 aliphatic heterocycles. The van der Waals surface area contributed by atoms with E-state index in [1.807, 2.05) is 65.9 Å². The van der Waals surface area contributed by atoms with Gasteiger partial charge in [-0.05, 0) is 66.9 Å². The van der Waals surface area contributed by atoms with Crippen molar-refractivity contribution in [2.75, 3.05) is 25.0 Å². The first-order valence-corrected chi connectivity index (χ1v) is 12.0. The number of amides is 1. The molecular weight excluding hydrogens is 488 g/mol. The van der Waals surface area contributed by atoms with E-state index >= 15 is 0 Å². The number of halogens is 1. The van der Waals surface area contributed by atoms with Crippen LogP contribution in [0.2, 0.25) is 0 Å². The molecule has 0 saturated carbocycles. The number of aromatic nitrogens is 3. The minimum atomic E-state index is -0.906. The highest BCUT2D eigenvalue weighted by Gasteiger charge is 2.26. The lowest BCUT2D eigenvalue weighted by molar-refractivity contribution is -0.0204. The smallest absolute Gasteiger partial charge is 0.421 e. The summed E-state index contributed by atoms with van der Waals surface area (Å²) in [6.07, 6.45) is 0.561. The molecule has 176 valence electrons. The Labute approximate surface area is 201 Å². The van der Waals surface area contributed by atoms with Crippen molar-refractivity contribution in [2.24, 2.45) is 0 Å². The number of hydrogen-bond donors (Lipinski definition) is 2. The Morgan fingerprint density at radius 3 is 2.70 bits per heavy atom. The predicted molar refractivity (Wildman–Crippen MR) is 130 cm³/mol. The highest BCUT2D eigenvalue weighted by Crippen LogP contribution is 2.25. The van der Waals surface area contributed by atoms with Gasteiger partial charge in [-0.25, -0.2) is 24.8 Å². The molecule has 1 atom stereocenters. The summed E-state index contributed by atoms with van der Waals surface area (Å²) < 4.78 is 9.00. The van der Waals surface area contributed by atoms with Crippen LogP contribution in [0.3, 0.4) is 0 Å². The van der Waals surface area contributed by atoms with Gasteiger partial charge in [-0.1, -0.05) is 18.2 Å². The summed E-state index contributed by atoms with van der Waals surface area (Å²) >= 11 is 3.41. The number of nitrogens with one attached hydrogen (secondary N) is 1. The number of hydrogen-bond acceptors (Lipinski definition) is 6. The van der Waals surface area contributed by atoms with Crippen LogP contribution >= 0.6 is 15.9 Å². The fourth-order valence-corrected chi connectivity index (χ4v) is 4.49. The molecule has 2 N–H and O–H groups in total. The Hall–Kier alpha value is -2.69. The van der Waals surface area contributed by atoms with Gasteiger partial charge >= 0.3 is 6.09 Å². The van der Waals surface area contributed by atoms with Gasteiger partial charge in [0.15, 0.2) is 0 Å². The van der Waals surface area contributed by atoms with Crippen LogP contribution in [-0.4, -0.2) is 61.4 Å². The molecule has 1 unspecified atom stereocenters. The molecule has 3 aromatic rings. The zero-order valence-corrected chi connectivity index (χ0v) is 20.4. The number of piperidine rings is 1. The van der Waals surface area contributed by atoms with Gasteiger partial charge in [-0.15, -0.1) is 0 Å². The number of benzene rings is 1. The van der Waals surface area contributed by atoms with Crippen LogP contribution < -0.4 is 5.32 Å². The van der Waals surface area contributed by atoms with Crippen molar-refractivity contribution in [2.45, 2.75) is 45.6 Å². The third kappa shape index (κ3) is 5.45. The molecular formula is C23H29BrN6O3. The predicted octanol–water partition coefficient (Wildman–Crippen LogP) is 4.72. The summed E-state index contributed by atoms with van der Waals surface area (Å²) in [5, 5.41) is 16.2. The molecule has 0 aliphatic carbocycles. The minimum Gasteiger partial charge on any atom is -0.464 e. The summed E-state index contributed by atoms with van der Waals surface area (Å²) in [5.41, 5.74) is 2.75. The maximum absolute atomic E-state index is 11.4. The Kier molecular flexibility index (Phi) is 7.46. The van der Waals surface area contributed by atoms with Crippen LogP contribution in [0.4, 0.5) is 10.7 Å². The molecule has 9 nitrogen and oxygen atoms in total. The number of rotatable bonds is 8. The zero-order valence-electron chi connectivity index (χ0n) is 18.8. The molecule has 2 aromatic heterocycles. The number of anilines is 1. The van der Waals surface area contributed by atoms with E-state index in [9.17, 15) is 9.90 Å². The standard InChI is InChI=1S/C23H29BrN6O3/c1-3-30(23(31)32)28-13-11-17(12-14-28)25-22-27-19-7-4-5-9-20(19)29(22)15-33-16(2)18-8-6-10-21(24)26-18/h4-10,16-17H,3,11-15H2,1-2H3,(H,25,27)(H,31,32). The monoisotopic (exact) mass is 516 g/mol. The average molecular weight is 517 g/mol. The van der Waals surface area contributed by atoms with E-state index in [4.69, 9.17) is 9.72 Å². The molecule has 0 spiro atoms. The van der Waals surface area contributed by atoms with Gasteiger partial charge in [-0.2, -0.15) is 0 Å². The van der Waals surface area contributed by atoms with E-state index < -0.39 is 6.09 Å². The van der Waals surface area contributed by atoms with Crippen molar-refractivity contribution >= 4 is 39.0 Å². The van der Waals surface area contributed by atoms with E-state index in [1.54, 1.807) is 0 Å². The average Bonchev–Trinajstić information content (AvgIpc) is 3.15. The first-order valence-electron chi connectivity index (χ1n) is 11.2. The summed E-state index contributed by atoms with van der Waals surface area (Å²) in [4.78, 5) is 20.7. The van der Waals surface area contributed by atoms with E-state index in [2.05, 4.69) is 26.2 Å². The van der Waals surface area contributed by atoms with Crippen LogP contribution in [0.25, 0.3) is 11.0 Å². The number of nitrogens with zero attached hydrogens (tertiary/aromatic N) is 5. The van der Waals surface area contributed by atoms with E-state index in [-0.39, 0.29) is 12.1 Å². The second-order valence-corrected chi connectivity index (χ2v) is 8.86. The molecule has 1 aliphatic rings. The Morgan fingerprint density at radius 2 is 2.00 bits per heavy atom. The highest BCUT2D eigenvalue weighted by atomic mass is 79.9. The van der Waals surface area contributed by atoms with Gasteiger partial charge < -0.3 is 15.2 Å². The fraction of sp³-hybridized carbons (Fsp3) is 0.435. The lowest BCUT2D eigenvalue weighted by Crippen LogP contribution is -2.51.